The van der Waals surface area contributed by atoms with Crippen molar-refractivity contribution in [2.75, 3.05) is 19.0 Å². The number of methoxy groups -OCH3 is 1. The van der Waals surface area contributed by atoms with Crippen molar-refractivity contribution in [3.63, 3.8) is 0 Å². The van der Waals surface area contributed by atoms with Crippen LogP contribution in [-0.2, 0) is 6.54 Å². The highest BCUT2D eigenvalue weighted by Gasteiger charge is 2.32. The number of carbonyl (C=O) groups is 1. The van der Waals surface area contributed by atoms with Crippen LogP contribution < -0.4 is 10.1 Å². The molecule has 1 aliphatic rings. The van der Waals surface area contributed by atoms with E-state index >= 15 is 0 Å². The molecule has 3 rings (SSSR count). The number of ketones is 1. The number of para-hydroxylation sites is 1. The molecular formula is C16H19N3O2. The van der Waals surface area contributed by atoms with E-state index in [4.69, 9.17) is 4.74 Å². The predicted molar refractivity (Wildman–Crippen MR) is 81.1 cm³/mol. The molecule has 0 bridgehead atoms. The molecule has 5 heteroatoms. The molecule has 1 N–H and O–H groups in total. The van der Waals surface area contributed by atoms with Crippen LogP contribution >= 0.6 is 0 Å². The Hall–Kier alpha value is -2.30. The molecule has 1 atom stereocenters. The van der Waals surface area contributed by atoms with Crippen LogP contribution in [0.4, 0.5) is 5.69 Å². The number of aryl methyl sites for hydroxylation is 1. The van der Waals surface area contributed by atoms with E-state index in [1.54, 1.807) is 18.0 Å². The maximum atomic E-state index is 13.0. The number of anilines is 1. The van der Waals surface area contributed by atoms with E-state index < -0.39 is 0 Å². The van der Waals surface area contributed by atoms with Crippen molar-refractivity contribution in [3.8, 4) is 5.75 Å². The number of nitrogens with zero attached hydrogens (tertiary/aromatic N) is 2. The average molecular weight is 285 g/mol. The van der Waals surface area contributed by atoms with Gasteiger partial charge in [0.05, 0.1) is 19.2 Å². The Morgan fingerprint density at radius 1 is 1.48 bits per heavy atom. The van der Waals surface area contributed by atoms with Crippen LogP contribution in [0.3, 0.4) is 0 Å². The van der Waals surface area contributed by atoms with Crippen LogP contribution in [0.5, 0.6) is 5.75 Å². The maximum Gasteiger partial charge on any atom is 0.193 e. The third-order valence-corrected chi connectivity index (χ3v) is 3.84. The summed E-state index contributed by atoms with van der Waals surface area (Å²) in [5.41, 5.74) is 2.66. The summed E-state index contributed by atoms with van der Waals surface area (Å²) in [5.74, 6) is 0.440. The van der Waals surface area contributed by atoms with Gasteiger partial charge in [-0.15, -0.1) is 0 Å². The van der Waals surface area contributed by atoms with Crippen molar-refractivity contribution in [2.45, 2.75) is 25.8 Å². The van der Waals surface area contributed by atoms with E-state index in [2.05, 4.69) is 17.3 Å². The molecule has 2 heterocycles. The van der Waals surface area contributed by atoms with E-state index in [1.807, 2.05) is 24.3 Å². The van der Waals surface area contributed by atoms with E-state index in [-0.39, 0.29) is 11.7 Å². The lowest BCUT2D eigenvalue weighted by Gasteiger charge is -2.12. The Labute approximate surface area is 123 Å². The summed E-state index contributed by atoms with van der Waals surface area (Å²) in [6, 6.07) is 7.95. The maximum absolute atomic E-state index is 13.0. The molecule has 1 aliphatic heterocycles. The largest absolute Gasteiger partial charge is 0.493 e. The number of carbonyl (C=O) groups excluding carboxylic acids is 1. The molecule has 0 fully saturated rings. The summed E-state index contributed by atoms with van der Waals surface area (Å²) in [4.78, 5) is 13.0. The third-order valence-electron chi connectivity index (χ3n) is 3.84. The Morgan fingerprint density at radius 3 is 3.05 bits per heavy atom. The molecule has 1 aromatic carbocycles. The van der Waals surface area contributed by atoms with Crippen molar-refractivity contribution in [2.24, 2.45) is 0 Å². The van der Waals surface area contributed by atoms with Gasteiger partial charge >= 0.3 is 0 Å². The van der Waals surface area contributed by atoms with Gasteiger partial charge in [-0.05, 0) is 18.1 Å². The molecule has 2 aromatic rings. The van der Waals surface area contributed by atoms with Crippen molar-refractivity contribution in [3.05, 3.63) is 41.7 Å². The molecule has 0 radical (unpaired) electrons. The molecule has 1 unspecified atom stereocenters. The van der Waals surface area contributed by atoms with E-state index in [0.717, 1.165) is 17.7 Å². The highest BCUT2D eigenvalue weighted by molar-refractivity contribution is 6.03. The zero-order chi connectivity index (χ0) is 14.8. The van der Waals surface area contributed by atoms with Gasteiger partial charge < -0.3 is 10.1 Å². The average Bonchev–Trinajstić information content (AvgIpc) is 3.10. The van der Waals surface area contributed by atoms with Crippen LogP contribution in [0.1, 0.15) is 35.3 Å². The predicted octanol–water partition coefficient (Wildman–Crippen LogP) is 2.69. The van der Waals surface area contributed by atoms with Crippen LogP contribution in [-0.4, -0.2) is 29.2 Å². The molecule has 110 valence electrons. The summed E-state index contributed by atoms with van der Waals surface area (Å²) in [7, 11) is 1.57. The van der Waals surface area contributed by atoms with E-state index in [9.17, 15) is 4.79 Å². The van der Waals surface area contributed by atoms with Gasteiger partial charge in [-0.3, -0.25) is 9.48 Å². The van der Waals surface area contributed by atoms with Gasteiger partial charge in [0.25, 0.3) is 0 Å². The van der Waals surface area contributed by atoms with Gasteiger partial charge in [0, 0.05) is 18.8 Å². The number of benzene rings is 1. The fraction of sp³-hybridized carbons (Fsp3) is 0.375. The highest BCUT2D eigenvalue weighted by atomic mass is 16.5. The fourth-order valence-corrected chi connectivity index (χ4v) is 2.83. The third kappa shape index (κ3) is 2.28. The summed E-state index contributed by atoms with van der Waals surface area (Å²) >= 11 is 0. The normalized spacial score (nSPS) is 16.4. The summed E-state index contributed by atoms with van der Waals surface area (Å²) in [6.45, 7) is 3.40. The van der Waals surface area contributed by atoms with Crippen molar-refractivity contribution in [1.82, 2.24) is 9.78 Å². The van der Waals surface area contributed by atoms with Gasteiger partial charge in [0.1, 0.15) is 5.69 Å². The number of nitrogens with one attached hydrogen (secondary N) is 1. The number of ether oxygens (including phenoxy) is 1. The van der Waals surface area contributed by atoms with E-state index in [1.165, 1.54) is 0 Å². The van der Waals surface area contributed by atoms with E-state index in [0.29, 0.717) is 24.5 Å². The van der Waals surface area contributed by atoms with Gasteiger partial charge in [-0.25, -0.2) is 0 Å². The number of fused-ring (bicyclic) bond motifs is 1. The fourth-order valence-electron chi connectivity index (χ4n) is 2.83. The molecule has 0 saturated carbocycles. The quantitative estimate of drug-likeness (QED) is 0.858. The van der Waals surface area contributed by atoms with Crippen LogP contribution in [0.2, 0.25) is 0 Å². The Kier molecular flexibility index (Phi) is 3.64. The first-order valence-electron chi connectivity index (χ1n) is 7.23. The monoisotopic (exact) mass is 285 g/mol. The lowest BCUT2D eigenvalue weighted by Crippen LogP contribution is -2.20. The molecule has 5 nitrogen and oxygen atoms in total. The molecule has 0 aliphatic carbocycles. The van der Waals surface area contributed by atoms with Gasteiger partial charge in [0.2, 0.25) is 0 Å². The van der Waals surface area contributed by atoms with Crippen LogP contribution in [0.15, 0.2) is 30.5 Å². The summed E-state index contributed by atoms with van der Waals surface area (Å²) < 4.78 is 7.07. The summed E-state index contributed by atoms with van der Waals surface area (Å²) in [5, 5.41) is 7.57. The molecule has 1 aromatic heterocycles. The minimum Gasteiger partial charge on any atom is -0.493 e. The molecule has 21 heavy (non-hydrogen) atoms. The Morgan fingerprint density at radius 2 is 2.29 bits per heavy atom. The number of hydrogen-bond acceptors (Lipinski definition) is 4. The van der Waals surface area contributed by atoms with Crippen molar-refractivity contribution >= 4 is 11.5 Å². The van der Waals surface area contributed by atoms with Crippen molar-refractivity contribution in [1.29, 1.82) is 0 Å². The van der Waals surface area contributed by atoms with Gasteiger partial charge in [-0.2, -0.15) is 5.10 Å². The SMILES string of the molecule is CCCn1ncc(OC)c1C(=O)C1CNc2ccccc21. The molecule has 0 amide bonds. The minimum atomic E-state index is -0.178. The standard InChI is InChI=1S/C16H19N3O2/c1-3-8-19-15(14(21-2)10-18-19)16(20)12-9-17-13-7-5-4-6-11(12)13/h4-7,10,12,17H,3,8-9H2,1-2H3. The second-order valence-electron chi connectivity index (χ2n) is 5.17. The second-order valence-corrected chi connectivity index (χ2v) is 5.17. The Balaban J connectivity index is 1.98. The Bertz CT molecular complexity index is 663. The highest BCUT2D eigenvalue weighted by Crippen LogP contribution is 2.35. The van der Waals surface area contributed by atoms with Crippen LogP contribution in [0.25, 0.3) is 0 Å². The lowest BCUT2D eigenvalue weighted by molar-refractivity contribution is 0.0952. The van der Waals surface area contributed by atoms with Gasteiger partial charge in [0.15, 0.2) is 11.5 Å². The first-order chi connectivity index (χ1) is 10.3. The molecule has 0 spiro atoms. The number of hydrogen-bond donors (Lipinski definition) is 1. The smallest absolute Gasteiger partial charge is 0.193 e. The zero-order valence-electron chi connectivity index (χ0n) is 12.3. The van der Waals surface area contributed by atoms with Gasteiger partial charge in [-0.1, -0.05) is 25.1 Å². The molecular weight excluding hydrogens is 266 g/mol. The minimum absolute atomic E-state index is 0.0650. The number of Topliss-reactive ketones (excluding diaryl/α,β-unsaturated/α-hetero) is 1. The second kappa shape index (κ2) is 5.60. The molecule has 0 saturated heterocycles. The first-order valence-corrected chi connectivity index (χ1v) is 7.23. The zero-order valence-corrected chi connectivity index (χ0v) is 12.3. The first kappa shape index (κ1) is 13.7. The van der Waals surface area contributed by atoms with Crippen molar-refractivity contribution < 1.29 is 9.53 Å². The van der Waals surface area contributed by atoms with Crippen LogP contribution in [0, 0.1) is 0 Å². The number of aromatic nitrogens is 2. The summed E-state index contributed by atoms with van der Waals surface area (Å²) in [6.07, 6.45) is 2.54. The lowest BCUT2D eigenvalue weighted by atomic mass is 9.94. The topological polar surface area (TPSA) is 56.2 Å². The number of rotatable bonds is 5.